The second-order valence-electron chi connectivity index (χ2n) is 5.03. The normalized spacial score (nSPS) is 22.2. The van der Waals surface area contributed by atoms with Crippen LogP contribution in [-0.2, 0) is 11.8 Å². The van der Waals surface area contributed by atoms with Gasteiger partial charge in [-0.25, -0.2) is 0 Å². The highest BCUT2D eigenvalue weighted by molar-refractivity contribution is 5.82. The minimum Gasteiger partial charge on any atom is -0.381 e. The maximum atomic E-state index is 6.39. The van der Waals surface area contributed by atoms with E-state index in [2.05, 4.69) is 17.2 Å². The van der Waals surface area contributed by atoms with Gasteiger partial charge in [-0.05, 0) is 18.9 Å². The molecule has 2 unspecified atom stereocenters. The number of aromatic nitrogens is 2. The first kappa shape index (κ1) is 11.7. The molecule has 2 aromatic rings. The molecule has 1 aromatic heterocycles. The van der Waals surface area contributed by atoms with E-state index in [9.17, 15) is 0 Å². The maximum Gasteiger partial charge on any atom is 0.0874 e. The van der Waals surface area contributed by atoms with Gasteiger partial charge in [-0.2, -0.15) is 5.10 Å². The summed E-state index contributed by atoms with van der Waals surface area (Å²) >= 11 is 0. The highest BCUT2D eigenvalue weighted by Crippen LogP contribution is 2.30. The van der Waals surface area contributed by atoms with Gasteiger partial charge in [0.1, 0.15) is 0 Å². The molecule has 1 fully saturated rings. The zero-order chi connectivity index (χ0) is 12.5. The predicted molar refractivity (Wildman–Crippen MR) is 71.2 cm³/mol. The fraction of sp³-hybridized carbons (Fsp3) is 0.500. The second-order valence-corrected chi connectivity index (χ2v) is 5.03. The zero-order valence-electron chi connectivity index (χ0n) is 10.7. The number of nitrogens with zero attached hydrogens (tertiary/aromatic N) is 2. The monoisotopic (exact) mass is 245 g/mol. The van der Waals surface area contributed by atoms with Crippen LogP contribution in [-0.4, -0.2) is 23.0 Å². The third kappa shape index (κ3) is 1.91. The van der Waals surface area contributed by atoms with E-state index >= 15 is 0 Å². The molecular weight excluding hydrogens is 226 g/mol. The van der Waals surface area contributed by atoms with Crippen LogP contribution >= 0.6 is 0 Å². The molecule has 3 rings (SSSR count). The molecule has 1 aliphatic rings. The highest BCUT2D eigenvalue weighted by atomic mass is 16.5. The lowest BCUT2D eigenvalue weighted by Crippen LogP contribution is -2.29. The summed E-state index contributed by atoms with van der Waals surface area (Å²) in [5, 5.41) is 5.77. The van der Waals surface area contributed by atoms with Crippen LogP contribution in [0, 0.1) is 5.92 Å². The largest absolute Gasteiger partial charge is 0.381 e. The molecule has 1 saturated heterocycles. The van der Waals surface area contributed by atoms with E-state index in [4.69, 9.17) is 10.5 Å². The topological polar surface area (TPSA) is 53.1 Å². The van der Waals surface area contributed by atoms with E-state index in [1.165, 1.54) is 0 Å². The molecule has 0 bridgehead atoms. The molecule has 4 heteroatoms. The van der Waals surface area contributed by atoms with E-state index < -0.39 is 0 Å². The number of aryl methyl sites for hydroxylation is 1. The molecule has 4 nitrogen and oxygen atoms in total. The number of hydrogen-bond acceptors (Lipinski definition) is 3. The first-order chi connectivity index (χ1) is 8.77. The fourth-order valence-electron chi connectivity index (χ4n) is 2.76. The molecule has 1 aliphatic heterocycles. The van der Waals surface area contributed by atoms with Crippen LogP contribution in [0.25, 0.3) is 10.9 Å². The minimum atomic E-state index is -0.0311. The van der Waals surface area contributed by atoms with E-state index in [1.807, 2.05) is 23.9 Å². The summed E-state index contributed by atoms with van der Waals surface area (Å²) in [4.78, 5) is 0. The molecule has 1 aromatic carbocycles. The summed E-state index contributed by atoms with van der Waals surface area (Å²) < 4.78 is 7.44. The van der Waals surface area contributed by atoms with Gasteiger partial charge in [0, 0.05) is 25.0 Å². The zero-order valence-corrected chi connectivity index (χ0v) is 10.7. The lowest BCUT2D eigenvalue weighted by Gasteiger charge is -2.26. The summed E-state index contributed by atoms with van der Waals surface area (Å²) in [6.07, 6.45) is 2.23. The van der Waals surface area contributed by atoms with Crippen molar-refractivity contribution in [3.8, 4) is 0 Å². The van der Waals surface area contributed by atoms with Gasteiger partial charge >= 0.3 is 0 Å². The first-order valence-corrected chi connectivity index (χ1v) is 6.52. The molecule has 0 saturated carbocycles. The van der Waals surface area contributed by atoms with Crippen molar-refractivity contribution in [3.63, 3.8) is 0 Å². The summed E-state index contributed by atoms with van der Waals surface area (Å²) in [5.74, 6) is 0.386. The average molecular weight is 245 g/mol. The van der Waals surface area contributed by atoms with Crippen LogP contribution < -0.4 is 5.73 Å². The number of rotatable bonds is 2. The second kappa shape index (κ2) is 4.71. The van der Waals surface area contributed by atoms with Crippen LogP contribution in [0.2, 0.25) is 0 Å². The van der Waals surface area contributed by atoms with Crippen molar-refractivity contribution in [3.05, 3.63) is 30.0 Å². The number of fused-ring (bicyclic) bond motifs is 1. The molecule has 2 heterocycles. The van der Waals surface area contributed by atoms with Gasteiger partial charge in [-0.15, -0.1) is 0 Å². The van der Waals surface area contributed by atoms with Gasteiger partial charge in [0.15, 0.2) is 0 Å². The summed E-state index contributed by atoms with van der Waals surface area (Å²) in [6.45, 7) is 1.62. The summed E-state index contributed by atoms with van der Waals surface area (Å²) in [7, 11) is 1.97. The van der Waals surface area contributed by atoms with Crippen LogP contribution in [0.1, 0.15) is 24.6 Å². The Labute approximate surface area is 107 Å². The third-order valence-electron chi connectivity index (χ3n) is 3.81. The van der Waals surface area contributed by atoms with Crippen LogP contribution in [0.15, 0.2) is 24.3 Å². The quantitative estimate of drug-likeness (QED) is 0.880. The smallest absolute Gasteiger partial charge is 0.0874 e. The Morgan fingerprint density at radius 2 is 2.28 bits per heavy atom. The molecule has 18 heavy (non-hydrogen) atoms. The van der Waals surface area contributed by atoms with Crippen molar-refractivity contribution in [2.24, 2.45) is 18.7 Å². The number of hydrogen-bond donors (Lipinski definition) is 1. The van der Waals surface area contributed by atoms with Gasteiger partial charge in [0.2, 0.25) is 0 Å². The maximum absolute atomic E-state index is 6.39. The van der Waals surface area contributed by atoms with E-state index in [0.29, 0.717) is 5.92 Å². The molecule has 0 radical (unpaired) electrons. The molecular formula is C14H19N3O. The van der Waals surface area contributed by atoms with Gasteiger partial charge in [0.25, 0.3) is 0 Å². The van der Waals surface area contributed by atoms with Crippen molar-refractivity contribution >= 4 is 10.9 Å². The molecule has 96 valence electrons. The molecule has 2 atom stereocenters. The van der Waals surface area contributed by atoms with Crippen molar-refractivity contribution in [2.45, 2.75) is 18.9 Å². The number of nitrogens with two attached hydrogens (primary N) is 1. The van der Waals surface area contributed by atoms with Crippen LogP contribution in [0.4, 0.5) is 0 Å². The Bertz CT molecular complexity index is 543. The van der Waals surface area contributed by atoms with Crippen LogP contribution in [0.3, 0.4) is 0 Å². The first-order valence-electron chi connectivity index (χ1n) is 6.52. The molecule has 0 aliphatic carbocycles. The molecule has 0 spiro atoms. The van der Waals surface area contributed by atoms with Crippen molar-refractivity contribution in [2.75, 3.05) is 13.2 Å². The van der Waals surface area contributed by atoms with E-state index in [-0.39, 0.29) is 6.04 Å². The van der Waals surface area contributed by atoms with E-state index in [1.54, 1.807) is 0 Å². The Hall–Kier alpha value is -1.39. The predicted octanol–water partition coefficient (Wildman–Crippen LogP) is 2.00. The highest BCUT2D eigenvalue weighted by Gasteiger charge is 2.26. The number of para-hydroxylation sites is 1. The van der Waals surface area contributed by atoms with Gasteiger partial charge in [-0.3, -0.25) is 4.68 Å². The van der Waals surface area contributed by atoms with Gasteiger partial charge in [-0.1, -0.05) is 18.2 Å². The number of ether oxygens (including phenoxy) is 1. The van der Waals surface area contributed by atoms with Crippen molar-refractivity contribution < 1.29 is 4.74 Å². The SMILES string of the molecule is Cn1nc(C(N)C2CCCOC2)c2ccccc21. The molecule has 2 N–H and O–H groups in total. The Kier molecular flexibility index (Phi) is 3.06. The van der Waals surface area contributed by atoms with Crippen LogP contribution in [0.5, 0.6) is 0 Å². The summed E-state index contributed by atoms with van der Waals surface area (Å²) in [5.41, 5.74) is 8.54. The van der Waals surface area contributed by atoms with Crippen molar-refractivity contribution in [1.29, 1.82) is 0 Å². The lowest BCUT2D eigenvalue weighted by atomic mass is 9.91. The third-order valence-corrected chi connectivity index (χ3v) is 3.81. The van der Waals surface area contributed by atoms with Gasteiger partial charge in [0.05, 0.1) is 23.9 Å². The minimum absolute atomic E-state index is 0.0311. The lowest BCUT2D eigenvalue weighted by molar-refractivity contribution is 0.0443. The standard InChI is InChI=1S/C14H19N3O/c1-17-12-7-3-2-6-11(12)14(16-17)13(15)10-5-4-8-18-9-10/h2-3,6-7,10,13H,4-5,8-9,15H2,1H3. The fourth-order valence-corrected chi connectivity index (χ4v) is 2.76. The number of benzene rings is 1. The Balaban J connectivity index is 1.98. The Morgan fingerprint density at radius 1 is 1.44 bits per heavy atom. The average Bonchev–Trinajstić information content (AvgIpc) is 2.77. The van der Waals surface area contributed by atoms with Gasteiger partial charge < -0.3 is 10.5 Å². The molecule has 0 amide bonds. The van der Waals surface area contributed by atoms with Crippen molar-refractivity contribution in [1.82, 2.24) is 9.78 Å². The summed E-state index contributed by atoms with van der Waals surface area (Å²) in [6, 6.07) is 8.22. The Morgan fingerprint density at radius 3 is 3.06 bits per heavy atom. The van der Waals surface area contributed by atoms with E-state index in [0.717, 1.165) is 42.7 Å².